The zero-order valence-corrected chi connectivity index (χ0v) is 9.95. The van der Waals surface area contributed by atoms with Crippen LogP contribution in [-0.2, 0) is 14.6 Å². The molecule has 2 aliphatic rings. The zero-order chi connectivity index (χ0) is 11.8. The van der Waals surface area contributed by atoms with Crippen molar-refractivity contribution >= 4 is 15.7 Å². The molecule has 6 heteroatoms. The first-order valence-corrected chi connectivity index (χ1v) is 7.40. The predicted molar refractivity (Wildman–Crippen MR) is 58.6 cm³/mol. The molecule has 2 heterocycles. The van der Waals surface area contributed by atoms with E-state index in [0.29, 0.717) is 25.8 Å². The number of sulfone groups is 1. The number of hydrogen-bond acceptors (Lipinski definition) is 4. The highest BCUT2D eigenvalue weighted by Crippen LogP contribution is 2.23. The lowest BCUT2D eigenvalue weighted by molar-refractivity contribution is -0.130. The molecular formula is C10H17NO4S. The van der Waals surface area contributed by atoms with Crippen LogP contribution in [0.5, 0.6) is 0 Å². The highest BCUT2D eigenvalue weighted by molar-refractivity contribution is 7.92. The Kier molecular flexibility index (Phi) is 3.21. The smallest absolute Gasteiger partial charge is 0.240 e. The minimum absolute atomic E-state index is 0.125. The molecule has 5 nitrogen and oxygen atoms in total. The minimum atomic E-state index is -3.25. The third kappa shape index (κ3) is 2.22. The van der Waals surface area contributed by atoms with E-state index in [-0.39, 0.29) is 18.2 Å². The molecule has 2 fully saturated rings. The van der Waals surface area contributed by atoms with E-state index in [1.165, 1.54) is 4.90 Å². The molecule has 0 bridgehead atoms. The van der Waals surface area contributed by atoms with Gasteiger partial charge in [0.1, 0.15) is 5.25 Å². The molecule has 1 N–H and O–H groups in total. The number of rotatable bonds is 1. The van der Waals surface area contributed by atoms with Crippen LogP contribution in [0.25, 0.3) is 0 Å². The highest BCUT2D eigenvalue weighted by Gasteiger charge is 2.39. The lowest BCUT2D eigenvalue weighted by atomic mass is 10.2. The Morgan fingerprint density at radius 1 is 1.25 bits per heavy atom. The molecule has 1 amide bonds. The molecule has 0 spiro atoms. The van der Waals surface area contributed by atoms with Crippen LogP contribution in [0.4, 0.5) is 0 Å². The maximum Gasteiger partial charge on any atom is 0.240 e. The monoisotopic (exact) mass is 247 g/mol. The number of aliphatic hydroxyl groups excluding tert-OH is 1. The van der Waals surface area contributed by atoms with Gasteiger partial charge in [0.15, 0.2) is 9.84 Å². The van der Waals surface area contributed by atoms with Gasteiger partial charge in [0.25, 0.3) is 0 Å². The molecule has 2 rings (SSSR count). The molecule has 0 radical (unpaired) electrons. The lowest BCUT2D eigenvalue weighted by Gasteiger charge is -2.26. The summed E-state index contributed by atoms with van der Waals surface area (Å²) >= 11 is 0. The molecule has 0 saturated carbocycles. The Bertz CT molecular complexity index is 378. The second-order valence-electron chi connectivity index (χ2n) is 4.58. The van der Waals surface area contributed by atoms with E-state index in [1.807, 2.05) is 0 Å². The molecule has 2 unspecified atom stereocenters. The summed E-state index contributed by atoms with van der Waals surface area (Å²) in [5, 5.41) is 8.48. The van der Waals surface area contributed by atoms with Crippen LogP contribution in [0.15, 0.2) is 0 Å². The summed E-state index contributed by atoms with van der Waals surface area (Å²) in [5.41, 5.74) is 0. The van der Waals surface area contributed by atoms with E-state index in [1.54, 1.807) is 0 Å². The molecule has 16 heavy (non-hydrogen) atoms. The van der Waals surface area contributed by atoms with Crippen molar-refractivity contribution in [2.75, 3.05) is 18.8 Å². The summed E-state index contributed by atoms with van der Waals surface area (Å²) in [6, 6.07) is 0. The maximum absolute atomic E-state index is 12.0. The summed E-state index contributed by atoms with van der Waals surface area (Å²) in [6.45, 7) is 0.761. The van der Waals surface area contributed by atoms with Crippen molar-refractivity contribution in [1.82, 2.24) is 4.90 Å². The van der Waals surface area contributed by atoms with E-state index in [0.717, 1.165) is 6.42 Å². The SMILES string of the molecule is O=C(C1CCCCS1(=O)=O)N1CCC(O)C1. The van der Waals surface area contributed by atoms with Crippen LogP contribution < -0.4 is 0 Å². The first-order valence-electron chi connectivity index (χ1n) is 5.69. The van der Waals surface area contributed by atoms with E-state index >= 15 is 0 Å². The van der Waals surface area contributed by atoms with E-state index in [2.05, 4.69) is 0 Å². The third-order valence-corrected chi connectivity index (χ3v) is 5.49. The fraction of sp³-hybridized carbons (Fsp3) is 0.900. The van der Waals surface area contributed by atoms with Crippen molar-refractivity contribution < 1.29 is 18.3 Å². The van der Waals surface area contributed by atoms with Gasteiger partial charge in [-0.25, -0.2) is 8.42 Å². The number of amides is 1. The molecule has 2 atom stereocenters. The molecule has 2 aliphatic heterocycles. The summed E-state index contributed by atoms with van der Waals surface area (Å²) in [6.07, 6.45) is 1.96. The van der Waals surface area contributed by atoms with Crippen LogP contribution >= 0.6 is 0 Å². The van der Waals surface area contributed by atoms with Crippen LogP contribution in [-0.4, -0.2) is 54.5 Å². The number of nitrogens with zero attached hydrogens (tertiary/aromatic N) is 1. The zero-order valence-electron chi connectivity index (χ0n) is 9.13. The Hall–Kier alpha value is -0.620. The van der Waals surface area contributed by atoms with Crippen LogP contribution in [0.3, 0.4) is 0 Å². The second-order valence-corrected chi connectivity index (χ2v) is 6.88. The Labute approximate surface area is 95.4 Å². The number of β-amino-alcohol motifs (C(OH)–C–C–N with tert-alkyl or cyclic N) is 1. The van der Waals surface area contributed by atoms with Gasteiger partial charge >= 0.3 is 0 Å². The number of carbonyl (C=O) groups excluding carboxylic acids is 1. The summed E-state index contributed by atoms with van der Waals surface area (Å²) < 4.78 is 23.5. The highest BCUT2D eigenvalue weighted by atomic mass is 32.2. The van der Waals surface area contributed by atoms with Crippen LogP contribution in [0, 0.1) is 0 Å². The van der Waals surface area contributed by atoms with Crippen molar-refractivity contribution in [2.45, 2.75) is 37.0 Å². The van der Waals surface area contributed by atoms with Gasteiger partial charge in [-0.2, -0.15) is 0 Å². The minimum Gasteiger partial charge on any atom is -0.391 e. The number of hydrogen-bond donors (Lipinski definition) is 1. The molecular weight excluding hydrogens is 230 g/mol. The average Bonchev–Trinajstić information content (AvgIpc) is 2.63. The molecule has 2 saturated heterocycles. The first kappa shape index (κ1) is 11.9. The van der Waals surface area contributed by atoms with E-state index in [4.69, 9.17) is 0 Å². The summed E-state index contributed by atoms with van der Waals surface area (Å²) in [4.78, 5) is 13.5. The van der Waals surface area contributed by atoms with Crippen molar-refractivity contribution in [1.29, 1.82) is 0 Å². The van der Waals surface area contributed by atoms with Crippen LogP contribution in [0.1, 0.15) is 25.7 Å². The van der Waals surface area contributed by atoms with Crippen molar-refractivity contribution in [3.05, 3.63) is 0 Å². The summed E-state index contributed by atoms with van der Waals surface area (Å²) in [5.74, 6) is -0.184. The van der Waals surface area contributed by atoms with Crippen LogP contribution in [0.2, 0.25) is 0 Å². The third-order valence-electron chi connectivity index (χ3n) is 3.33. The Morgan fingerprint density at radius 2 is 2.00 bits per heavy atom. The fourth-order valence-corrected chi connectivity index (χ4v) is 4.25. The predicted octanol–water partition coefficient (Wildman–Crippen LogP) is -0.453. The first-order chi connectivity index (χ1) is 7.50. The van der Waals surface area contributed by atoms with Gasteiger partial charge in [-0.3, -0.25) is 4.79 Å². The topological polar surface area (TPSA) is 74.7 Å². The van der Waals surface area contributed by atoms with Gasteiger partial charge in [0.05, 0.1) is 11.9 Å². The Balaban J connectivity index is 2.09. The Morgan fingerprint density at radius 3 is 2.56 bits per heavy atom. The van der Waals surface area contributed by atoms with E-state index in [9.17, 15) is 18.3 Å². The lowest BCUT2D eigenvalue weighted by Crippen LogP contribution is -2.44. The second kappa shape index (κ2) is 4.33. The molecule has 0 aromatic heterocycles. The van der Waals surface area contributed by atoms with E-state index < -0.39 is 21.2 Å². The molecule has 0 aromatic rings. The van der Waals surface area contributed by atoms with Crippen molar-refractivity contribution in [3.63, 3.8) is 0 Å². The maximum atomic E-state index is 12.0. The van der Waals surface area contributed by atoms with Gasteiger partial charge in [-0.05, 0) is 19.3 Å². The van der Waals surface area contributed by atoms with Gasteiger partial charge in [-0.1, -0.05) is 6.42 Å². The van der Waals surface area contributed by atoms with Crippen molar-refractivity contribution in [3.8, 4) is 0 Å². The molecule has 0 aromatic carbocycles. The standard InChI is InChI=1S/C10H17NO4S/c12-8-4-5-11(7-8)10(13)9-3-1-2-6-16(9,14)15/h8-9,12H,1-7H2. The normalized spacial score (nSPS) is 33.9. The molecule has 0 aliphatic carbocycles. The molecule has 92 valence electrons. The number of aliphatic hydroxyl groups is 1. The average molecular weight is 247 g/mol. The van der Waals surface area contributed by atoms with Gasteiger partial charge in [0, 0.05) is 13.1 Å². The van der Waals surface area contributed by atoms with Gasteiger partial charge < -0.3 is 10.0 Å². The largest absolute Gasteiger partial charge is 0.391 e. The quantitative estimate of drug-likeness (QED) is 0.681. The summed E-state index contributed by atoms with van der Waals surface area (Å²) in [7, 11) is -3.25. The number of likely N-dealkylation sites (tertiary alicyclic amines) is 1. The van der Waals surface area contributed by atoms with Crippen molar-refractivity contribution in [2.24, 2.45) is 0 Å². The van der Waals surface area contributed by atoms with Gasteiger partial charge in [-0.15, -0.1) is 0 Å². The van der Waals surface area contributed by atoms with Gasteiger partial charge in [0.2, 0.25) is 5.91 Å². The number of carbonyl (C=O) groups is 1. The fourth-order valence-electron chi connectivity index (χ4n) is 2.38.